The SMILES string of the molecule is O=C(Nc1nc(-c2cccnc2)cs1)c1cc(OCc2ccccc2)no1. The maximum Gasteiger partial charge on any atom is 0.296 e. The molecule has 1 N–H and O–H groups in total. The Balaban J connectivity index is 1.38. The van der Waals surface area contributed by atoms with Gasteiger partial charge in [0, 0.05) is 23.3 Å². The van der Waals surface area contributed by atoms with E-state index in [1.165, 1.54) is 17.4 Å². The molecule has 27 heavy (non-hydrogen) atoms. The lowest BCUT2D eigenvalue weighted by Gasteiger charge is -2.00. The van der Waals surface area contributed by atoms with Crippen LogP contribution >= 0.6 is 11.3 Å². The van der Waals surface area contributed by atoms with Crippen LogP contribution in [0.5, 0.6) is 5.88 Å². The Morgan fingerprint density at radius 1 is 1.19 bits per heavy atom. The fourth-order valence-corrected chi connectivity index (χ4v) is 3.02. The van der Waals surface area contributed by atoms with E-state index in [0.29, 0.717) is 11.7 Å². The second-order valence-electron chi connectivity index (χ2n) is 5.54. The number of aromatic nitrogens is 3. The molecule has 0 spiro atoms. The van der Waals surface area contributed by atoms with Crippen LogP contribution in [0.4, 0.5) is 5.13 Å². The van der Waals surface area contributed by atoms with Gasteiger partial charge in [0.05, 0.1) is 11.8 Å². The number of nitrogens with zero attached hydrogens (tertiary/aromatic N) is 3. The van der Waals surface area contributed by atoms with E-state index in [-0.39, 0.29) is 11.6 Å². The van der Waals surface area contributed by atoms with Gasteiger partial charge in [-0.1, -0.05) is 30.3 Å². The molecule has 0 radical (unpaired) electrons. The molecule has 1 amide bonds. The summed E-state index contributed by atoms with van der Waals surface area (Å²) in [5.41, 5.74) is 2.62. The number of thiazole rings is 1. The summed E-state index contributed by atoms with van der Waals surface area (Å²) < 4.78 is 10.6. The van der Waals surface area contributed by atoms with Crippen molar-refractivity contribution in [2.75, 3.05) is 5.32 Å². The third kappa shape index (κ3) is 4.18. The van der Waals surface area contributed by atoms with E-state index in [1.54, 1.807) is 12.4 Å². The van der Waals surface area contributed by atoms with E-state index >= 15 is 0 Å². The van der Waals surface area contributed by atoms with Crippen LogP contribution in [0.1, 0.15) is 16.1 Å². The van der Waals surface area contributed by atoms with Crippen molar-refractivity contribution in [3.8, 4) is 17.1 Å². The van der Waals surface area contributed by atoms with Crippen molar-refractivity contribution in [3.05, 3.63) is 77.6 Å². The zero-order chi connectivity index (χ0) is 18.5. The first-order valence-electron chi connectivity index (χ1n) is 8.08. The van der Waals surface area contributed by atoms with Gasteiger partial charge in [-0.3, -0.25) is 15.1 Å². The highest BCUT2D eigenvalue weighted by Gasteiger charge is 2.16. The van der Waals surface area contributed by atoms with E-state index < -0.39 is 5.91 Å². The van der Waals surface area contributed by atoms with Crippen molar-refractivity contribution in [1.82, 2.24) is 15.1 Å². The molecule has 0 aliphatic rings. The van der Waals surface area contributed by atoms with Crippen molar-refractivity contribution in [1.29, 1.82) is 0 Å². The average molecular weight is 378 g/mol. The number of hydrogen-bond acceptors (Lipinski definition) is 7. The molecule has 0 aliphatic carbocycles. The molecular formula is C19H14N4O3S. The molecule has 0 bridgehead atoms. The molecular weight excluding hydrogens is 364 g/mol. The van der Waals surface area contributed by atoms with Crippen LogP contribution in [0.15, 0.2) is 70.8 Å². The number of benzene rings is 1. The van der Waals surface area contributed by atoms with Gasteiger partial charge in [-0.25, -0.2) is 4.98 Å². The third-order valence-electron chi connectivity index (χ3n) is 3.62. The van der Waals surface area contributed by atoms with Crippen LogP contribution in [-0.2, 0) is 6.61 Å². The standard InChI is InChI=1S/C19H14N4O3S/c24-18(22-19-21-15(12-27-19)14-7-4-8-20-10-14)16-9-17(23-26-16)25-11-13-5-2-1-3-6-13/h1-10,12H,11H2,(H,21,22,24). The highest BCUT2D eigenvalue weighted by Crippen LogP contribution is 2.24. The number of carbonyl (C=O) groups is 1. The zero-order valence-corrected chi connectivity index (χ0v) is 14.8. The molecule has 0 fully saturated rings. The topological polar surface area (TPSA) is 90.1 Å². The summed E-state index contributed by atoms with van der Waals surface area (Å²) in [6.45, 7) is 0.343. The number of nitrogens with one attached hydrogen (secondary N) is 1. The Morgan fingerprint density at radius 2 is 2.07 bits per heavy atom. The molecule has 0 unspecified atom stereocenters. The summed E-state index contributed by atoms with van der Waals surface area (Å²) in [4.78, 5) is 20.7. The van der Waals surface area contributed by atoms with Gasteiger partial charge in [0.15, 0.2) is 5.13 Å². The van der Waals surface area contributed by atoms with Gasteiger partial charge in [0.1, 0.15) is 6.61 Å². The molecule has 134 valence electrons. The van der Waals surface area contributed by atoms with Crippen molar-refractivity contribution >= 4 is 22.4 Å². The lowest BCUT2D eigenvalue weighted by Crippen LogP contribution is -2.10. The summed E-state index contributed by atoms with van der Waals surface area (Å²) >= 11 is 1.32. The van der Waals surface area contributed by atoms with Crippen LogP contribution in [0.3, 0.4) is 0 Å². The van der Waals surface area contributed by atoms with Crippen LogP contribution in [0.2, 0.25) is 0 Å². The maximum absolute atomic E-state index is 12.3. The first kappa shape index (κ1) is 16.9. The Labute approximate surface area is 158 Å². The van der Waals surface area contributed by atoms with Crippen molar-refractivity contribution in [2.24, 2.45) is 0 Å². The number of ether oxygens (including phenoxy) is 1. The number of rotatable bonds is 6. The number of anilines is 1. The van der Waals surface area contributed by atoms with Gasteiger partial charge in [-0.2, -0.15) is 0 Å². The highest BCUT2D eigenvalue weighted by atomic mass is 32.1. The van der Waals surface area contributed by atoms with Gasteiger partial charge < -0.3 is 9.26 Å². The summed E-state index contributed by atoms with van der Waals surface area (Å²) in [5.74, 6) is -0.139. The number of hydrogen-bond donors (Lipinski definition) is 1. The maximum atomic E-state index is 12.3. The second-order valence-corrected chi connectivity index (χ2v) is 6.40. The predicted molar refractivity (Wildman–Crippen MR) is 101 cm³/mol. The summed E-state index contributed by atoms with van der Waals surface area (Å²) in [6.07, 6.45) is 3.41. The second kappa shape index (κ2) is 7.79. The predicted octanol–water partition coefficient (Wildman–Crippen LogP) is 4.02. The highest BCUT2D eigenvalue weighted by molar-refractivity contribution is 7.14. The monoisotopic (exact) mass is 378 g/mol. The molecule has 0 saturated heterocycles. The summed E-state index contributed by atoms with van der Waals surface area (Å²) in [7, 11) is 0. The first-order valence-corrected chi connectivity index (χ1v) is 8.96. The van der Waals surface area contributed by atoms with E-state index in [1.807, 2.05) is 47.8 Å². The molecule has 1 aromatic carbocycles. The number of amides is 1. The molecule has 3 heterocycles. The van der Waals surface area contributed by atoms with Crippen LogP contribution in [-0.4, -0.2) is 21.0 Å². The third-order valence-corrected chi connectivity index (χ3v) is 4.38. The summed E-state index contributed by atoms with van der Waals surface area (Å²) in [5, 5.41) is 8.77. The zero-order valence-electron chi connectivity index (χ0n) is 14.0. The van der Waals surface area contributed by atoms with E-state index in [0.717, 1.165) is 16.8 Å². The number of pyridine rings is 1. The lowest BCUT2D eigenvalue weighted by molar-refractivity contribution is 0.0987. The number of carbonyl (C=O) groups excluding carboxylic acids is 1. The quantitative estimate of drug-likeness (QED) is 0.545. The van der Waals surface area contributed by atoms with Crippen LogP contribution in [0, 0.1) is 0 Å². The van der Waals surface area contributed by atoms with Gasteiger partial charge in [0.25, 0.3) is 11.8 Å². The summed E-state index contributed by atoms with van der Waals surface area (Å²) in [6, 6.07) is 14.8. The smallest absolute Gasteiger partial charge is 0.296 e. The van der Waals surface area contributed by atoms with Crippen molar-refractivity contribution < 1.29 is 14.1 Å². The van der Waals surface area contributed by atoms with E-state index in [2.05, 4.69) is 20.4 Å². The van der Waals surface area contributed by atoms with Crippen LogP contribution < -0.4 is 10.1 Å². The Kier molecular flexibility index (Phi) is 4.88. The van der Waals surface area contributed by atoms with Gasteiger partial charge in [0.2, 0.25) is 5.76 Å². The normalized spacial score (nSPS) is 10.5. The largest absolute Gasteiger partial charge is 0.471 e. The first-order chi connectivity index (χ1) is 13.3. The molecule has 8 heteroatoms. The Hall–Kier alpha value is -3.52. The Morgan fingerprint density at radius 3 is 2.89 bits per heavy atom. The molecule has 4 aromatic rings. The van der Waals surface area contributed by atoms with Gasteiger partial charge in [-0.05, 0) is 22.9 Å². The van der Waals surface area contributed by atoms with Gasteiger partial charge in [-0.15, -0.1) is 11.3 Å². The van der Waals surface area contributed by atoms with Crippen molar-refractivity contribution in [2.45, 2.75) is 6.61 Å². The molecule has 7 nitrogen and oxygen atoms in total. The van der Waals surface area contributed by atoms with Crippen LogP contribution in [0.25, 0.3) is 11.3 Å². The van der Waals surface area contributed by atoms with Crippen molar-refractivity contribution in [3.63, 3.8) is 0 Å². The lowest BCUT2D eigenvalue weighted by atomic mass is 10.2. The van der Waals surface area contributed by atoms with E-state index in [9.17, 15) is 4.79 Å². The molecule has 0 saturated carbocycles. The fraction of sp³-hybridized carbons (Fsp3) is 0.0526. The van der Waals surface area contributed by atoms with Gasteiger partial charge >= 0.3 is 0 Å². The van der Waals surface area contributed by atoms with E-state index in [4.69, 9.17) is 9.26 Å². The minimum atomic E-state index is -0.441. The molecule has 4 rings (SSSR count). The fourth-order valence-electron chi connectivity index (χ4n) is 2.30. The minimum Gasteiger partial charge on any atom is -0.471 e. The minimum absolute atomic E-state index is 0.0520. The Bertz CT molecular complexity index is 1030. The average Bonchev–Trinajstić information content (AvgIpc) is 3.38. The molecule has 3 aromatic heterocycles. The molecule has 0 atom stereocenters. The molecule has 0 aliphatic heterocycles.